The van der Waals surface area contributed by atoms with E-state index in [4.69, 9.17) is 16.0 Å². The van der Waals surface area contributed by atoms with E-state index in [-0.39, 0.29) is 35.2 Å². The highest BCUT2D eigenvalue weighted by atomic mass is 35.5. The number of carbonyl (C=O) groups is 1. The average molecular weight is 462 g/mol. The minimum absolute atomic E-state index is 0.111. The van der Waals surface area contributed by atoms with Gasteiger partial charge in [0.15, 0.2) is 9.84 Å². The summed E-state index contributed by atoms with van der Waals surface area (Å²) in [6, 6.07) is 12.9. The molecule has 1 amide bonds. The molecule has 1 aromatic heterocycles. The van der Waals surface area contributed by atoms with Crippen LogP contribution in [0.25, 0.3) is 11.5 Å². The largest absolute Gasteiger partial charge is 0.419 e. The summed E-state index contributed by atoms with van der Waals surface area (Å²) in [5, 5.41) is 8.05. The molecule has 0 unspecified atom stereocenters. The summed E-state index contributed by atoms with van der Waals surface area (Å²) in [4.78, 5) is 14.9. The molecule has 9 heteroatoms. The Kier molecular flexibility index (Phi) is 6.81. The Morgan fingerprint density at radius 3 is 2.26 bits per heavy atom. The topological polar surface area (TPSA) is 93.4 Å². The van der Waals surface area contributed by atoms with E-state index in [1.54, 1.807) is 36.9 Å². The Labute approximate surface area is 187 Å². The molecule has 0 saturated heterocycles. The van der Waals surface area contributed by atoms with Gasteiger partial charge in [0.1, 0.15) is 0 Å². The van der Waals surface area contributed by atoms with Gasteiger partial charge in [-0.05, 0) is 64.1 Å². The lowest BCUT2D eigenvalue weighted by Crippen LogP contribution is -2.36. The van der Waals surface area contributed by atoms with E-state index in [1.807, 2.05) is 19.9 Å². The van der Waals surface area contributed by atoms with Crippen molar-refractivity contribution < 1.29 is 17.6 Å². The first kappa shape index (κ1) is 23.0. The molecule has 0 aliphatic heterocycles. The maximum Gasteiger partial charge on any atom is 0.254 e. The lowest BCUT2D eigenvalue weighted by atomic mass is 10.1. The predicted octanol–water partition coefficient (Wildman–Crippen LogP) is 4.62. The first-order chi connectivity index (χ1) is 14.6. The van der Waals surface area contributed by atoms with Crippen molar-refractivity contribution in [3.8, 4) is 11.5 Å². The SMILES string of the molecule is CC(C)N(Cc1nnc(-c2ccccc2Cl)o1)C(=O)c1ccc(S(=O)(=O)C(C)C)cc1. The van der Waals surface area contributed by atoms with Crippen molar-refractivity contribution in [2.75, 3.05) is 0 Å². The Balaban J connectivity index is 1.82. The summed E-state index contributed by atoms with van der Waals surface area (Å²) in [5.74, 6) is 0.289. The third-order valence-electron chi connectivity index (χ3n) is 4.81. The number of sulfone groups is 1. The zero-order chi connectivity index (χ0) is 22.8. The molecule has 3 rings (SSSR count). The summed E-state index contributed by atoms with van der Waals surface area (Å²) in [6.45, 7) is 7.11. The molecule has 0 fully saturated rings. The summed E-state index contributed by atoms with van der Waals surface area (Å²) in [6.07, 6.45) is 0. The number of halogens is 1. The van der Waals surface area contributed by atoms with Crippen molar-refractivity contribution in [1.29, 1.82) is 0 Å². The molecular formula is C22H24ClN3O4S. The highest BCUT2D eigenvalue weighted by Crippen LogP contribution is 2.27. The normalized spacial score (nSPS) is 11.8. The van der Waals surface area contributed by atoms with E-state index in [9.17, 15) is 13.2 Å². The molecule has 0 bridgehead atoms. The second kappa shape index (κ2) is 9.20. The van der Waals surface area contributed by atoms with E-state index in [0.29, 0.717) is 16.1 Å². The highest BCUT2D eigenvalue weighted by molar-refractivity contribution is 7.92. The van der Waals surface area contributed by atoms with Crippen molar-refractivity contribution in [3.63, 3.8) is 0 Å². The fraction of sp³-hybridized carbons (Fsp3) is 0.318. The Hall–Kier alpha value is -2.71. The zero-order valence-corrected chi connectivity index (χ0v) is 19.3. The fourth-order valence-corrected chi connectivity index (χ4v) is 4.20. The molecule has 0 radical (unpaired) electrons. The van der Waals surface area contributed by atoms with Crippen molar-refractivity contribution in [1.82, 2.24) is 15.1 Å². The van der Waals surface area contributed by atoms with Crippen LogP contribution in [0.1, 0.15) is 43.9 Å². The molecule has 2 aromatic carbocycles. The molecule has 0 N–H and O–H groups in total. The van der Waals surface area contributed by atoms with Crippen LogP contribution in [0.2, 0.25) is 5.02 Å². The maximum absolute atomic E-state index is 13.1. The Morgan fingerprint density at radius 2 is 1.68 bits per heavy atom. The van der Waals surface area contributed by atoms with Gasteiger partial charge in [0.2, 0.25) is 11.8 Å². The number of amides is 1. The quantitative estimate of drug-likeness (QED) is 0.509. The number of aromatic nitrogens is 2. The van der Waals surface area contributed by atoms with Gasteiger partial charge in [0.05, 0.1) is 27.3 Å². The van der Waals surface area contributed by atoms with E-state index in [0.717, 1.165) is 0 Å². The predicted molar refractivity (Wildman–Crippen MR) is 119 cm³/mol. The van der Waals surface area contributed by atoms with Crippen LogP contribution in [-0.4, -0.2) is 40.7 Å². The van der Waals surface area contributed by atoms with Gasteiger partial charge in [-0.1, -0.05) is 23.7 Å². The molecule has 7 nitrogen and oxygen atoms in total. The van der Waals surface area contributed by atoms with Gasteiger partial charge in [-0.3, -0.25) is 4.79 Å². The second-order valence-electron chi connectivity index (χ2n) is 7.63. The van der Waals surface area contributed by atoms with Gasteiger partial charge < -0.3 is 9.32 Å². The van der Waals surface area contributed by atoms with Crippen molar-refractivity contribution in [2.45, 2.75) is 50.4 Å². The molecule has 0 atom stereocenters. The Bertz CT molecular complexity index is 1170. The molecule has 3 aromatic rings. The fourth-order valence-electron chi connectivity index (χ4n) is 2.92. The number of hydrogen-bond donors (Lipinski definition) is 0. The molecule has 0 spiro atoms. The molecular weight excluding hydrogens is 438 g/mol. The van der Waals surface area contributed by atoms with E-state index >= 15 is 0 Å². The van der Waals surface area contributed by atoms with E-state index < -0.39 is 15.1 Å². The average Bonchev–Trinajstić information content (AvgIpc) is 3.20. The summed E-state index contributed by atoms with van der Waals surface area (Å²) in [5.41, 5.74) is 0.995. The van der Waals surface area contributed by atoms with Crippen molar-refractivity contribution >= 4 is 27.3 Å². The van der Waals surface area contributed by atoms with Crippen LogP contribution in [0.15, 0.2) is 57.8 Å². The van der Waals surface area contributed by atoms with Gasteiger partial charge in [-0.25, -0.2) is 8.42 Å². The lowest BCUT2D eigenvalue weighted by Gasteiger charge is -2.25. The number of benzene rings is 2. The monoisotopic (exact) mass is 461 g/mol. The van der Waals surface area contributed by atoms with Crippen LogP contribution in [0.4, 0.5) is 0 Å². The summed E-state index contributed by atoms with van der Waals surface area (Å²) in [7, 11) is -3.40. The van der Waals surface area contributed by atoms with Crippen molar-refractivity contribution in [2.24, 2.45) is 0 Å². The maximum atomic E-state index is 13.1. The van der Waals surface area contributed by atoms with Gasteiger partial charge in [-0.15, -0.1) is 10.2 Å². The van der Waals surface area contributed by atoms with E-state index in [1.165, 1.54) is 24.3 Å². The van der Waals surface area contributed by atoms with Gasteiger partial charge >= 0.3 is 0 Å². The Morgan fingerprint density at radius 1 is 1.03 bits per heavy atom. The molecule has 0 aliphatic rings. The van der Waals surface area contributed by atoms with Crippen LogP contribution < -0.4 is 0 Å². The minimum atomic E-state index is -3.40. The van der Waals surface area contributed by atoms with Crippen LogP contribution in [0.3, 0.4) is 0 Å². The third kappa shape index (κ3) is 4.97. The van der Waals surface area contributed by atoms with Crippen LogP contribution in [0, 0.1) is 0 Å². The molecule has 164 valence electrons. The van der Waals surface area contributed by atoms with Crippen molar-refractivity contribution in [3.05, 3.63) is 65.0 Å². The van der Waals surface area contributed by atoms with Crippen LogP contribution >= 0.6 is 11.6 Å². The smallest absolute Gasteiger partial charge is 0.254 e. The number of hydrogen-bond acceptors (Lipinski definition) is 6. The zero-order valence-electron chi connectivity index (χ0n) is 17.7. The minimum Gasteiger partial charge on any atom is -0.419 e. The van der Waals surface area contributed by atoms with Crippen LogP contribution in [-0.2, 0) is 16.4 Å². The highest BCUT2D eigenvalue weighted by Gasteiger charge is 2.24. The summed E-state index contributed by atoms with van der Waals surface area (Å²) < 4.78 is 30.3. The number of nitrogens with zero attached hydrogens (tertiary/aromatic N) is 3. The molecule has 1 heterocycles. The van der Waals surface area contributed by atoms with Gasteiger partial charge in [0, 0.05) is 11.6 Å². The molecule has 0 aliphatic carbocycles. The summed E-state index contributed by atoms with van der Waals surface area (Å²) >= 11 is 6.18. The first-order valence-electron chi connectivity index (χ1n) is 9.83. The number of carbonyl (C=O) groups excluding carboxylic acids is 1. The lowest BCUT2D eigenvalue weighted by molar-refractivity contribution is 0.0672. The number of rotatable bonds is 7. The molecule has 0 saturated carbocycles. The van der Waals surface area contributed by atoms with Crippen LogP contribution in [0.5, 0.6) is 0 Å². The van der Waals surface area contributed by atoms with Gasteiger partial charge in [-0.2, -0.15) is 0 Å². The third-order valence-corrected chi connectivity index (χ3v) is 7.31. The molecule has 31 heavy (non-hydrogen) atoms. The van der Waals surface area contributed by atoms with Gasteiger partial charge in [0.25, 0.3) is 5.91 Å². The van der Waals surface area contributed by atoms with E-state index in [2.05, 4.69) is 10.2 Å². The second-order valence-corrected chi connectivity index (χ2v) is 10.5. The standard InChI is InChI=1S/C22H24ClN3O4S/c1-14(2)26(13-20-24-25-21(30-20)18-7-5-6-8-19(18)23)22(27)16-9-11-17(12-10-16)31(28,29)15(3)4/h5-12,14-15H,13H2,1-4H3. The first-order valence-corrected chi connectivity index (χ1v) is 11.8.